The Morgan fingerprint density at radius 1 is 1.17 bits per heavy atom. The highest BCUT2D eigenvalue weighted by Crippen LogP contribution is 2.39. The number of hydrogen-bond acceptors (Lipinski definition) is 4. The molecular formula is C22H26ClN3O2S. The molecule has 1 N–H and O–H groups in total. The van der Waals surface area contributed by atoms with E-state index in [1.807, 2.05) is 67.5 Å². The minimum atomic E-state index is -0.0662. The van der Waals surface area contributed by atoms with Gasteiger partial charge < -0.3 is 15.1 Å². The maximum Gasteiger partial charge on any atom is 0.251 e. The highest BCUT2D eigenvalue weighted by Gasteiger charge is 2.32. The average molecular weight is 432 g/mol. The van der Waals surface area contributed by atoms with Gasteiger partial charge in [0.25, 0.3) is 5.91 Å². The fraction of sp³-hybridized carbons (Fsp3) is 0.364. The Balaban J connectivity index is 1.62. The van der Waals surface area contributed by atoms with Crippen molar-refractivity contribution in [1.82, 2.24) is 15.1 Å². The largest absolute Gasteiger partial charge is 0.352 e. The summed E-state index contributed by atoms with van der Waals surface area (Å²) in [7, 11) is 4.03. The molecule has 1 saturated heterocycles. The van der Waals surface area contributed by atoms with Gasteiger partial charge in [-0.1, -0.05) is 35.9 Å². The van der Waals surface area contributed by atoms with E-state index >= 15 is 0 Å². The minimum absolute atomic E-state index is 0.0459. The van der Waals surface area contributed by atoms with Crippen LogP contribution in [0.2, 0.25) is 5.02 Å². The molecule has 5 nitrogen and oxygen atoms in total. The van der Waals surface area contributed by atoms with Crippen LogP contribution in [0.25, 0.3) is 0 Å². The van der Waals surface area contributed by atoms with Crippen molar-refractivity contribution in [3.8, 4) is 0 Å². The van der Waals surface area contributed by atoms with Crippen LogP contribution in [0.3, 0.4) is 0 Å². The van der Waals surface area contributed by atoms with E-state index in [0.29, 0.717) is 29.4 Å². The van der Waals surface area contributed by atoms with Crippen LogP contribution < -0.4 is 5.32 Å². The van der Waals surface area contributed by atoms with Gasteiger partial charge in [-0.05, 0) is 62.5 Å². The number of carbonyl (C=O) groups excluding carboxylic acids is 2. The van der Waals surface area contributed by atoms with Crippen molar-refractivity contribution in [2.75, 3.05) is 32.9 Å². The third kappa shape index (κ3) is 5.98. The number of halogens is 1. The van der Waals surface area contributed by atoms with E-state index in [2.05, 4.69) is 10.2 Å². The lowest BCUT2D eigenvalue weighted by atomic mass is 10.1. The second kappa shape index (κ2) is 10.1. The molecule has 154 valence electrons. The second-order valence-electron chi connectivity index (χ2n) is 7.35. The number of amides is 2. The molecule has 2 amide bonds. The normalized spacial score (nSPS) is 16.5. The molecule has 0 bridgehead atoms. The van der Waals surface area contributed by atoms with Gasteiger partial charge in [-0.3, -0.25) is 9.59 Å². The molecule has 2 aromatic rings. The molecule has 0 aliphatic carbocycles. The average Bonchev–Trinajstić information content (AvgIpc) is 3.07. The standard InChI is InChI=1S/C22H26ClN3O2S/c1-25(2)13-3-12-24-21(28)17-6-8-18(9-7-17)22-26(20(27)15-29-22)14-16-4-10-19(23)11-5-16/h4-11,22H,3,12-15H2,1-2H3,(H,24,28). The Morgan fingerprint density at radius 2 is 1.86 bits per heavy atom. The fourth-order valence-corrected chi connectivity index (χ4v) is 4.50. The zero-order chi connectivity index (χ0) is 20.8. The van der Waals surface area contributed by atoms with E-state index in [4.69, 9.17) is 11.6 Å². The third-order valence-corrected chi connectivity index (χ3v) is 6.27. The molecule has 1 fully saturated rings. The minimum Gasteiger partial charge on any atom is -0.352 e. The van der Waals surface area contributed by atoms with Gasteiger partial charge in [0.1, 0.15) is 5.37 Å². The van der Waals surface area contributed by atoms with E-state index in [9.17, 15) is 9.59 Å². The van der Waals surface area contributed by atoms with Crippen molar-refractivity contribution in [1.29, 1.82) is 0 Å². The molecule has 0 radical (unpaired) electrons. The van der Waals surface area contributed by atoms with Crippen LogP contribution in [0.15, 0.2) is 48.5 Å². The van der Waals surface area contributed by atoms with E-state index in [1.165, 1.54) is 0 Å². The lowest BCUT2D eigenvalue weighted by Gasteiger charge is -2.24. The molecule has 0 spiro atoms. The van der Waals surface area contributed by atoms with Crippen LogP contribution in [-0.4, -0.2) is 54.6 Å². The van der Waals surface area contributed by atoms with Crippen LogP contribution in [0.4, 0.5) is 0 Å². The number of nitrogens with zero attached hydrogens (tertiary/aromatic N) is 2. The summed E-state index contributed by atoms with van der Waals surface area (Å²) in [5.41, 5.74) is 2.71. The Bertz CT molecular complexity index is 840. The van der Waals surface area contributed by atoms with Crippen LogP contribution >= 0.6 is 23.4 Å². The monoisotopic (exact) mass is 431 g/mol. The van der Waals surface area contributed by atoms with Crippen LogP contribution in [0, 0.1) is 0 Å². The molecule has 1 unspecified atom stereocenters. The van der Waals surface area contributed by atoms with Gasteiger partial charge in [0.2, 0.25) is 5.91 Å². The van der Waals surface area contributed by atoms with Gasteiger partial charge in [-0.25, -0.2) is 0 Å². The number of benzene rings is 2. The lowest BCUT2D eigenvalue weighted by Crippen LogP contribution is -2.28. The zero-order valence-electron chi connectivity index (χ0n) is 16.7. The molecule has 1 aliphatic rings. The van der Waals surface area contributed by atoms with Crippen LogP contribution in [0.5, 0.6) is 0 Å². The maximum absolute atomic E-state index is 12.4. The van der Waals surface area contributed by atoms with Crippen molar-refractivity contribution >= 4 is 35.2 Å². The molecule has 0 saturated carbocycles. The summed E-state index contributed by atoms with van der Waals surface area (Å²) in [5.74, 6) is 0.521. The smallest absolute Gasteiger partial charge is 0.251 e. The highest BCUT2D eigenvalue weighted by atomic mass is 35.5. The lowest BCUT2D eigenvalue weighted by molar-refractivity contribution is -0.128. The number of carbonyl (C=O) groups is 2. The zero-order valence-corrected chi connectivity index (χ0v) is 18.3. The summed E-state index contributed by atoms with van der Waals surface area (Å²) >= 11 is 7.57. The summed E-state index contributed by atoms with van der Waals surface area (Å²) in [5, 5.41) is 3.59. The van der Waals surface area contributed by atoms with Gasteiger partial charge in [-0.15, -0.1) is 11.8 Å². The molecule has 2 aromatic carbocycles. The Hall–Kier alpha value is -2.02. The summed E-state index contributed by atoms with van der Waals surface area (Å²) < 4.78 is 0. The van der Waals surface area contributed by atoms with Crippen molar-refractivity contribution < 1.29 is 9.59 Å². The second-order valence-corrected chi connectivity index (χ2v) is 8.85. The number of rotatable bonds is 8. The SMILES string of the molecule is CN(C)CCCNC(=O)c1ccc(C2SCC(=O)N2Cc2ccc(Cl)cc2)cc1. The topological polar surface area (TPSA) is 52.7 Å². The van der Waals surface area contributed by atoms with Crippen molar-refractivity contribution in [2.24, 2.45) is 0 Å². The van der Waals surface area contributed by atoms with Gasteiger partial charge in [0, 0.05) is 23.7 Å². The van der Waals surface area contributed by atoms with Gasteiger partial charge in [0.15, 0.2) is 0 Å². The highest BCUT2D eigenvalue weighted by molar-refractivity contribution is 8.00. The first-order valence-electron chi connectivity index (χ1n) is 9.62. The third-order valence-electron chi connectivity index (χ3n) is 4.76. The predicted molar refractivity (Wildman–Crippen MR) is 119 cm³/mol. The molecule has 1 heterocycles. The quantitative estimate of drug-likeness (QED) is 0.646. The number of thioether (sulfide) groups is 1. The molecule has 3 rings (SSSR count). The summed E-state index contributed by atoms with van der Waals surface area (Å²) in [4.78, 5) is 28.7. The van der Waals surface area contributed by atoms with Crippen molar-refractivity contribution in [3.63, 3.8) is 0 Å². The molecule has 29 heavy (non-hydrogen) atoms. The molecule has 1 aliphatic heterocycles. The van der Waals surface area contributed by atoms with Gasteiger partial charge in [-0.2, -0.15) is 0 Å². The predicted octanol–water partition coefficient (Wildman–Crippen LogP) is 3.80. The fourth-order valence-electron chi connectivity index (χ4n) is 3.19. The molecule has 7 heteroatoms. The number of nitrogens with one attached hydrogen (secondary N) is 1. The number of hydrogen-bond donors (Lipinski definition) is 1. The van der Waals surface area contributed by atoms with E-state index < -0.39 is 0 Å². The molecule has 1 atom stereocenters. The Morgan fingerprint density at radius 3 is 2.52 bits per heavy atom. The first-order chi connectivity index (χ1) is 13.9. The van der Waals surface area contributed by atoms with E-state index in [1.54, 1.807) is 11.8 Å². The molecular weight excluding hydrogens is 406 g/mol. The van der Waals surface area contributed by atoms with Gasteiger partial charge >= 0.3 is 0 Å². The maximum atomic E-state index is 12.4. The van der Waals surface area contributed by atoms with E-state index in [-0.39, 0.29) is 17.2 Å². The van der Waals surface area contributed by atoms with Crippen molar-refractivity contribution in [2.45, 2.75) is 18.3 Å². The van der Waals surface area contributed by atoms with Crippen LogP contribution in [0.1, 0.15) is 33.3 Å². The Labute approximate surface area is 181 Å². The van der Waals surface area contributed by atoms with Crippen LogP contribution in [-0.2, 0) is 11.3 Å². The first-order valence-corrected chi connectivity index (χ1v) is 11.0. The summed E-state index contributed by atoms with van der Waals surface area (Å²) in [6.45, 7) is 2.14. The Kier molecular flexibility index (Phi) is 7.58. The van der Waals surface area contributed by atoms with E-state index in [0.717, 1.165) is 24.1 Å². The van der Waals surface area contributed by atoms with Gasteiger partial charge in [0.05, 0.1) is 5.75 Å². The molecule has 0 aromatic heterocycles. The summed E-state index contributed by atoms with van der Waals surface area (Å²) in [6, 6.07) is 15.1. The van der Waals surface area contributed by atoms with Crippen molar-refractivity contribution in [3.05, 3.63) is 70.2 Å². The summed E-state index contributed by atoms with van der Waals surface area (Å²) in [6.07, 6.45) is 0.914. The first kappa shape index (κ1) is 21.7.